The average molecular weight is 1420 g/mol. The fourth-order valence-electron chi connectivity index (χ4n) is 11.4. The van der Waals surface area contributed by atoms with Gasteiger partial charge in [-0.25, -0.2) is 9.13 Å². The van der Waals surface area contributed by atoms with Crippen LogP contribution < -0.4 is 0 Å². The number of ether oxygens (including phenoxy) is 4. The van der Waals surface area contributed by atoms with E-state index in [0.29, 0.717) is 25.7 Å². The van der Waals surface area contributed by atoms with E-state index in [1.54, 1.807) is 0 Å². The van der Waals surface area contributed by atoms with Gasteiger partial charge in [0.05, 0.1) is 26.4 Å². The molecule has 6 atom stereocenters. The second-order valence-electron chi connectivity index (χ2n) is 28.6. The van der Waals surface area contributed by atoms with Gasteiger partial charge in [0.2, 0.25) is 0 Å². The van der Waals surface area contributed by atoms with Crippen molar-refractivity contribution in [1.29, 1.82) is 0 Å². The van der Waals surface area contributed by atoms with Gasteiger partial charge >= 0.3 is 39.5 Å². The number of hydrogen-bond donors (Lipinski definition) is 3. The van der Waals surface area contributed by atoms with Gasteiger partial charge in [0.15, 0.2) is 12.2 Å². The number of aliphatic hydroxyl groups is 1. The molecule has 0 aliphatic carbocycles. The summed E-state index contributed by atoms with van der Waals surface area (Å²) in [6.07, 6.45) is 57.6. The Hall–Kier alpha value is -2.46. The molecule has 572 valence electrons. The van der Waals surface area contributed by atoms with Gasteiger partial charge in [0.25, 0.3) is 0 Å². The van der Waals surface area contributed by atoms with Crippen LogP contribution in [0.5, 0.6) is 0 Å². The zero-order valence-corrected chi connectivity index (χ0v) is 64.8. The molecule has 0 amide bonds. The maximum Gasteiger partial charge on any atom is 0.472 e. The van der Waals surface area contributed by atoms with Crippen LogP contribution in [0, 0.1) is 17.8 Å². The van der Waals surface area contributed by atoms with E-state index in [-0.39, 0.29) is 25.7 Å². The number of unbranched alkanes of at least 4 members (excludes halogenated alkanes) is 38. The number of allylic oxidation sites excluding steroid dienone is 4. The van der Waals surface area contributed by atoms with Crippen LogP contribution in [0.1, 0.15) is 376 Å². The summed E-state index contributed by atoms with van der Waals surface area (Å²) in [4.78, 5) is 72.9. The van der Waals surface area contributed by atoms with Crippen molar-refractivity contribution >= 4 is 39.5 Å². The molecule has 19 heteroatoms. The van der Waals surface area contributed by atoms with Crippen molar-refractivity contribution in [2.45, 2.75) is 394 Å². The van der Waals surface area contributed by atoms with Crippen molar-refractivity contribution in [3.05, 3.63) is 24.3 Å². The average Bonchev–Trinajstić information content (AvgIpc) is 1.49. The van der Waals surface area contributed by atoms with Crippen molar-refractivity contribution in [2.75, 3.05) is 39.6 Å². The first-order valence-electron chi connectivity index (χ1n) is 39.7. The molecular formula is C78H148O17P2. The Balaban J connectivity index is 5.29. The molecule has 0 heterocycles. The minimum absolute atomic E-state index is 0.100. The number of hydrogen-bond acceptors (Lipinski definition) is 15. The molecule has 0 saturated carbocycles. The highest BCUT2D eigenvalue weighted by molar-refractivity contribution is 7.47. The molecular weight excluding hydrogens is 1270 g/mol. The first-order chi connectivity index (χ1) is 46.8. The van der Waals surface area contributed by atoms with E-state index in [2.05, 4.69) is 72.8 Å². The number of phosphoric acid groups is 2. The zero-order chi connectivity index (χ0) is 71.6. The fraction of sp³-hybridized carbons (Fsp3) is 0.897. The summed E-state index contributed by atoms with van der Waals surface area (Å²) < 4.78 is 68.6. The molecule has 0 aliphatic rings. The first kappa shape index (κ1) is 94.5. The van der Waals surface area contributed by atoms with Gasteiger partial charge in [-0.15, -0.1) is 0 Å². The van der Waals surface area contributed by atoms with Gasteiger partial charge < -0.3 is 33.8 Å². The fourth-order valence-corrected chi connectivity index (χ4v) is 13.0. The second kappa shape index (κ2) is 68.0. The number of esters is 4. The van der Waals surface area contributed by atoms with Crippen molar-refractivity contribution in [3.63, 3.8) is 0 Å². The Morgan fingerprint density at radius 1 is 0.340 bits per heavy atom. The van der Waals surface area contributed by atoms with Gasteiger partial charge in [-0.3, -0.25) is 37.3 Å². The summed E-state index contributed by atoms with van der Waals surface area (Å²) in [6.45, 7) is 11.9. The molecule has 0 aromatic carbocycles. The lowest BCUT2D eigenvalue weighted by atomic mass is 9.99. The molecule has 0 saturated heterocycles. The smallest absolute Gasteiger partial charge is 0.462 e. The van der Waals surface area contributed by atoms with Crippen molar-refractivity contribution in [2.24, 2.45) is 17.8 Å². The molecule has 0 rings (SSSR count). The number of carbonyl (C=O) groups excluding carboxylic acids is 4. The third-order valence-electron chi connectivity index (χ3n) is 17.9. The molecule has 97 heavy (non-hydrogen) atoms. The van der Waals surface area contributed by atoms with Crippen LogP contribution >= 0.6 is 15.6 Å². The third kappa shape index (κ3) is 70.4. The highest BCUT2D eigenvalue weighted by Crippen LogP contribution is 2.45. The van der Waals surface area contributed by atoms with Crippen LogP contribution in [0.15, 0.2) is 24.3 Å². The van der Waals surface area contributed by atoms with E-state index in [0.717, 1.165) is 127 Å². The van der Waals surface area contributed by atoms with E-state index in [1.165, 1.54) is 167 Å². The summed E-state index contributed by atoms with van der Waals surface area (Å²) in [6, 6.07) is 0. The molecule has 0 spiro atoms. The minimum Gasteiger partial charge on any atom is -0.462 e. The Kier molecular flexibility index (Phi) is 66.3. The third-order valence-corrected chi connectivity index (χ3v) is 19.8. The summed E-state index contributed by atoms with van der Waals surface area (Å²) in [5.41, 5.74) is 0. The number of phosphoric ester groups is 2. The molecule has 4 unspecified atom stereocenters. The van der Waals surface area contributed by atoms with Crippen molar-refractivity contribution < 1.29 is 80.2 Å². The monoisotopic (exact) mass is 1420 g/mol. The van der Waals surface area contributed by atoms with E-state index in [1.807, 2.05) is 0 Å². The minimum atomic E-state index is -4.97. The number of carbonyl (C=O) groups is 4. The number of rotatable bonds is 74. The van der Waals surface area contributed by atoms with Crippen LogP contribution in [-0.2, 0) is 65.4 Å². The molecule has 3 N–H and O–H groups in total. The van der Waals surface area contributed by atoms with Crippen LogP contribution in [0.3, 0.4) is 0 Å². The predicted octanol–water partition coefficient (Wildman–Crippen LogP) is 22.5. The lowest BCUT2D eigenvalue weighted by Crippen LogP contribution is -2.30. The second-order valence-corrected chi connectivity index (χ2v) is 31.5. The summed E-state index contributed by atoms with van der Waals surface area (Å²) in [5.74, 6) is 0.173. The Morgan fingerprint density at radius 2 is 0.608 bits per heavy atom. The van der Waals surface area contributed by atoms with E-state index in [4.69, 9.17) is 37.0 Å². The first-order valence-corrected chi connectivity index (χ1v) is 42.7. The highest BCUT2D eigenvalue weighted by Gasteiger charge is 2.30. The Labute approximate surface area is 592 Å². The van der Waals surface area contributed by atoms with Gasteiger partial charge in [-0.1, -0.05) is 323 Å². The molecule has 0 aromatic heterocycles. The Morgan fingerprint density at radius 3 is 0.918 bits per heavy atom. The van der Waals surface area contributed by atoms with Crippen LogP contribution in [0.2, 0.25) is 0 Å². The standard InChI is InChI=1S/C78H148O17P2/c1-8-10-11-12-13-14-15-16-17-21-24-30-38-45-52-59-75(80)88-65-73(94-77(82)61-54-47-40-31-25-22-19-18-20-23-29-37-44-51-58-71(7)9-2)67-92-96(84,85)90-63-72(79)64-91-97(86,87)93-68-74(66-89-76(81)60-53-46-39-34-33-36-43-50-57-70(5)6)95-78(83)62-55-48-41-32-27-26-28-35-42-49-56-69(3)4/h14-17,69-74,79H,8-13,18-68H2,1-7H3,(H,84,85)(H,86,87)/b15-14-,17-16-/t71?,72?,73-,74-/m1/s1. The van der Waals surface area contributed by atoms with E-state index >= 15 is 0 Å². The molecule has 0 aromatic rings. The highest BCUT2D eigenvalue weighted by atomic mass is 31.2. The maximum absolute atomic E-state index is 13.1. The van der Waals surface area contributed by atoms with E-state index in [9.17, 15) is 43.2 Å². The van der Waals surface area contributed by atoms with Crippen LogP contribution in [0.4, 0.5) is 0 Å². The van der Waals surface area contributed by atoms with Crippen LogP contribution in [0.25, 0.3) is 0 Å². The largest absolute Gasteiger partial charge is 0.472 e. The van der Waals surface area contributed by atoms with Gasteiger partial charge in [-0.05, 0) is 69.1 Å². The van der Waals surface area contributed by atoms with Gasteiger partial charge in [0.1, 0.15) is 19.3 Å². The summed E-state index contributed by atoms with van der Waals surface area (Å²) in [5, 5.41) is 10.6. The normalized spacial score (nSPS) is 14.5. The van der Waals surface area contributed by atoms with E-state index < -0.39 is 97.5 Å². The summed E-state index contributed by atoms with van der Waals surface area (Å²) >= 11 is 0. The zero-order valence-electron chi connectivity index (χ0n) is 63.0. The Bertz CT molecular complexity index is 1980. The number of aliphatic hydroxyl groups excluding tert-OH is 1. The lowest BCUT2D eigenvalue weighted by molar-refractivity contribution is -0.161. The molecule has 0 aliphatic heterocycles. The van der Waals surface area contributed by atoms with Crippen LogP contribution in [-0.4, -0.2) is 96.7 Å². The van der Waals surface area contributed by atoms with Crippen molar-refractivity contribution in [3.8, 4) is 0 Å². The quantitative estimate of drug-likeness (QED) is 0.0169. The molecule has 17 nitrogen and oxygen atoms in total. The van der Waals surface area contributed by atoms with Crippen molar-refractivity contribution in [1.82, 2.24) is 0 Å². The SMILES string of the molecule is CCCCCC/C=C\C=C/CCCCCCCC(=O)OC[C@H](COP(=O)(O)OCC(O)COP(=O)(O)OC[C@@H](COC(=O)CCCCCCCCCCC(C)C)OC(=O)CCCCCCCCCCCCC(C)C)OC(=O)CCCCCCCCCCCCCCCCC(C)CC. The molecule has 0 radical (unpaired) electrons. The van der Waals surface area contributed by atoms with Gasteiger partial charge in [-0.2, -0.15) is 0 Å². The predicted molar refractivity (Wildman–Crippen MR) is 395 cm³/mol. The lowest BCUT2D eigenvalue weighted by Gasteiger charge is -2.21. The topological polar surface area (TPSA) is 237 Å². The maximum atomic E-state index is 13.1. The van der Waals surface area contributed by atoms with Gasteiger partial charge in [0, 0.05) is 25.7 Å². The molecule has 0 fully saturated rings. The molecule has 0 bridgehead atoms. The summed E-state index contributed by atoms with van der Waals surface area (Å²) in [7, 11) is -9.93.